The number of hydrogen-bond donors (Lipinski definition) is 1. The maximum atomic E-state index is 6.11. The zero-order chi connectivity index (χ0) is 19.5. The van der Waals surface area contributed by atoms with Crippen molar-refractivity contribution in [2.24, 2.45) is 0 Å². The first-order valence-corrected chi connectivity index (χ1v) is 9.80. The van der Waals surface area contributed by atoms with Crippen molar-refractivity contribution < 1.29 is 4.74 Å². The van der Waals surface area contributed by atoms with E-state index in [4.69, 9.17) is 22.2 Å². The molecule has 2 N–H and O–H groups in total. The summed E-state index contributed by atoms with van der Waals surface area (Å²) < 4.78 is 6.11. The minimum atomic E-state index is -0.0880. The molecule has 0 radical (unpaired) electrons. The summed E-state index contributed by atoms with van der Waals surface area (Å²) >= 11 is 5.96. The zero-order valence-electron chi connectivity index (χ0n) is 15.8. The van der Waals surface area contributed by atoms with Gasteiger partial charge in [0, 0.05) is 48.5 Å². The third kappa shape index (κ3) is 4.08. The molecule has 1 saturated heterocycles. The van der Waals surface area contributed by atoms with Gasteiger partial charge in [-0.3, -0.25) is 4.90 Å². The molecule has 2 aromatic carbocycles. The van der Waals surface area contributed by atoms with Crippen molar-refractivity contribution in [2.75, 3.05) is 36.9 Å². The first-order valence-electron chi connectivity index (χ1n) is 9.42. The van der Waals surface area contributed by atoms with E-state index < -0.39 is 0 Å². The molecule has 0 amide bonds. The van der Waals surface area contributed by atoms with E-state index >= 15 is 0 Å². The molecule has 1 unspecified atom stereocenters. The molecule has 3 aromatic rings. The molecule has 1 atom stereocenters. The number of nitrogens with zero attached hydrogens (tertiary/aromatic N) is 4. The number of para-hydroxylation sites is 1. The van der Waals surface area contributed by atoms with Crippen LogP contribution in [0.5, 0.6) is 5.88 Å². The molecule has 28 heavy (non-hydrogen) atoms. The van der Waals surface area contributed by atoms with Gasteiger partial charge in [-0.15, -0.1) is 9.89 Å². The van der Waals surface area contributed by atoms with E-state index in [0.29, 0.717) is 10.9 Å². The number of anilines is 1. The molecule has 1 fully saturated rings. The molecular formula is C21H24ClN5O. The molecule has 7 heteroatoms. The smallest absolute Gasteiger partial charge is 0.234 e. The molecule has 1 aliphatic rings. The predicted molar refractivity (Wildman–Crippen MR) is 113 cm³/mol. The largest absolute Gasteiger partial charge is 0.458 e. The van der Waals surface area contributed by atoms with Crippen LogP contribution in [-0.4, -0.2) is 47.2 Å². The van der Waals surface area contributed by atoms with Crippen molar-refractivity contribution in [1.29, 1.82) is 0 Å². The van der Waals surface area contributed by atoms with Crippen LogP contribution in [0.1, 0.15) is 6.92 Å². The van der Waals surface area contributed by atoms with Crippen LogP contribution in [0.4, 0.5) is 5.69 Å². The fourth-order valence-electron chi connectivity index (χ4n) is 3.46. The summed E-state index contributed by atoms with van der Waals surface area (Å²) in [4.78, 5) is 6.00. The van der Waals surface area contributed by atoms with Gasteiger partial charge in [-0.2, -0.15) is 0 Å². The Balaban J connectivity index is 1.38. The minimum Gasteiger partial charge on any atom is -0.458 e. The quantitative estimate of drug-likeness (QED) is 0.668. The maximum Gasteiger partial charge on any atom is 0.234 e. The summed E-state index contributed by atoms with van der Waals surface area (Å²) in [6.45, 7) is 5.84. The first-order chi connectivity index (χ1) is 13.6. The number of hydrogen-bond acceptors (Lipinski definition) is 5. The predicted octanol–water partition coefficient (Wildman–Crippen LogP) is 3.46. The number of benzene rings is 2. The van der Waals surface area contributed by atoms with Crippen molar-refractivity contribution in [3.63, 3.8) is 0 Å². The van der Waals surface area contributed by atoms with Gasteiger partial charge in [0.25, 0.3) is 0 Å². The Bertz CT molecular complexity index is 904. The van der Waals surface area contributed by atoms with Crippen molar-refractivity contribution in [3.8, 4) is 17.1 Å². The van der Waals surface area contributed by atoms with E-state index in [2.05, 4.69) is 39.2 Å². The lowest BCUT2D eigenvalue weighted by molar-refractivity contribution is 0.0298. The summed E-state index contributed by atoms with van der Waals surface area (Å²) in [5.74, 6) is 6.56. The van der Waals surface area contributed by atoms with Crippen LogP contribution in [0.2, 0.25) is 5.02 Å². The lowest BCUT2D eigenvalue weighted by atomic mass is 10.2. The number of halogens is 1. The van der Waals surface area contributed by atoms with Gasteiger partial charge in [0.1, 0.15) is 0 Å². The fraction of sp³-hybridized carbons (Fsp3) is 0.286. The van der Waals surface area contributed by atoms with Crippen LogP contribution in [0.15, 0.2) is 60.7 Å². The topological polar surface area (TPSA) is 59.6 Å². The Hall–Kier alpha value is -2.70. The van der Waals surface area contributed by atoms with Crippen LogP contribution in [-0.2, 0) is 0 Å². The van der Waals surface area contributed by atoms with Gasteiger partial charge in [0.15, 0.2) is 6.23 Å². The molecule has 0 spiro atoms. The number of aromatic nitrogens is 2. The molecule has 1 aliphatic heterocycles. The molecule has 0 saturated carbocycles. The minimum absolute atomic E-state index is 0.0880. The lowest BCUT2D eigenvalue weighted by Gasteiger charge is -2.38. The van der Waals surface area contributed by atoms with Gasteiger partial charge in [-0.05, 0) is 31.2 Å². The van der Waals surface area contributed by atoms with Gasteiger partial charge >= 0.3 is 0 Å². The van der Waals surface area contributed by atoms with Crippen molar-refractivity contribution in [3.05, 3.63) is 65.7 Å². The monoisotopic (exact) mass is 397 g/mol. The third-order valence-corrected chi connectivity index (χ3v) is 5.33. The highest BCUT2D eigenvalue weighted by molar-refractivity contribution is 6.30. The second-order valence-corrected chi connectivity index (χ2v) is 7.33. The van der Waals surface area contributed by atoms with E-state index in [-0.39, 0.29) is 6.23 Å². The Morgan fingerprint density at radius 2 is 1.68 bits per heavy atom. The molecule has 146 valence electrons. The Labute approximate surface area is 170 Å². The number of ether oxygens (including phenoxy) is 1. The van der Waals surface area contributed by atoms with E-state index in [1.54, 1.807) is 0 Å². The Morgan fingerprint density at radius 1 is 1.00 bits per heavy atom. The highest BCUT2D eigenvalue weighted by atomic mass is 35.5. The summed E-state index contributed by atoms with van der Waals surface area (Å²) in [7, 11) is 0. The van der Waals surface area contributed by atoms with Crippen molar-refractivity contribution in [2.45, 2.75) is 13.2 Å². The van der Waals surface area contributed by atoms with Gasteiger partial charge in [-0.1, -0.05) is 41.9 Å². The fourth-order valence-corrected chi connectivity index (χ4v) is 3.58. The zero-order valence-corrected chi connectivity index (χ0v) is 16.6. The van der Waals surface area contributed by atoms with E-state index in [1.165, 1.54) is 10.5 Å². The number of nitrogen functional groups attached to an aromatic ring is 1. The van der Waals surface area contributed by atoms with Crippen LogP contribution in [0.25, 0.3) is 11.3 Å². The molecule has 2 heterocycles. The second kappa shape index (κ2) is 8.12. The standard InChI is InChI=1S/C21H24ClN5O/c1-16(25-11-13-26(14-12-25)19-5-3-2-4-6-19)28-21-15-20(24-27(21)23)17-7-9-18(22)10-8-17/h2-10,15-16H,11-14,23H2,1H3. The molecular weight excluding hydrogens is 374 g/mol. The number of nitrogens with two attached hydrogens (primary N) is 1. The Kier molecular flexibility index (Phi) is 5.41. The van der Waals surface area contributed by atoms with Crippen LogP contribution >= 0.6 is 11.6 Å². The molecule has 1 aromatic heterocycles. The maximum absolute atomic E-state index is 6.11. The highest BCUT2D eigenvalue weighted by Gasteiger charge is 2.23. The molecule has 4 rings (SSSR count). The molecule has 6 nitrogen and oxygen atoms in total. The summed E-state index contributed by atoms with van der Waals surface area (Å²) in [6, 6.07) is 19.9. The molecule has 0 aliphatic carbocycles. The van der Waals surface area contributed by atoms with Crippen molar-refractivity contribution in [1.82, 2.24) is 14.8 Å². The van der Waals surface area contributed by atoms with Crippen LogP contribution in [0.3, 0.4) is 0 Å². The van der Waals surface area contributed by atoms with Crippen LogP contribution in [0, 0.1) is 0 Å². The SMILES string of the molecule is CC(Oc1cc(-c2ccc(Cl)cc2)nn1N)N1CCN(c2ccccc2)CC1. The summed E-state index contributed by atoms with van der Waals surface area (Å²) in [6.07, 6.45) is -0.0880. The van der Waals surface area contributed by atoms with Gasteiger partial charge < -0.3 is 15.5 Å². The van der Waals surface area contributed by atoms with E-state index in [0.717, 1.165) is 37.4 Å². The summed E-state index contributed by atoms with van der Waals surface area (Å²) in [5, 5.41) is 5.05. The normalized spacial score (nSPS) is 16.1. The first kappa shape index (κ1) is 18.7. The third-order valence-electron chi connectivity index (χ3n) is 5.08. The van der Waals surface area contributed by atoms with Gasteiger partial charge in [0.05, 0.1) is 5.69 Å². The number of piperazine rings is 1. The highest BCUT2D eigenvalue weighted by Crippen LogP contribution is 2.25. The lowest BCUT2D eigenvalue weighted by Crippen LogP contribution is -2.51. The van der Waals surface area contributed by atoms with Crippen LogP contribution < -0.4 is 15.5 Å². The molecule has 0 bridgehead atoms. The second-order valence-electron chi connectivity index (χ2n) is 6.90. The van der Waals surface area contributed by atoms with Gasteiger partial charge in [-0.25, -0.2) is 0 Å². The van der Waals surface area contributed by atoms with Gasteiger partial charge in [0.2, 0.25) is 5.88 Å². The Morgan fingerprint density at radius 3 is 2.36 bits per heavy atom. The number of rotatable bonds is 5. The van der Waals surface area contributed by atoms with E-state index in [9.17, 15) is 0 Å². The average Bonchev–Trinajstić information content (AvgIpc) is 3.09. The van der Waals surface area contributed by atoms with E-state index in [1.807, 2.05) is 43.3 Å². The average molecular weight is 398 g/mol. The van der Waals surface area contributed by atoms with Crippen molar-refractivity contribution >= 4 is 17.3 Å². The summed E-state index contributed by atoms with van der Waals surface area (Å²) in [5.41, 5.74) is 2.97.